The fraction of sp³-hybridized carbons (Fsp3) is 0.419. The van der Waals surface area contributed by atoms with E-state index in [0.717, 1.165) is 48.9 Å². The van der Waals surface area contributed by atoms with Crippen molar-refractivity contribution in [1.82, 2.24) is 31.4 Å². The molecule has 3 atom stereocenters. The molecule has 2 aromatic carbocycles. The number of hydrogen-bond acceptors (Lipinski definition) is 6. The van der Waals surface area contributed by atoms with E-state index >= 15 is 0 Å². The van der Waals surface area contributed by atoms with Gasteiger partial charge in [-0.05, 0) is 54.9 Å². The van der Waals surface area contributed by atoms with Crippen molar-refractivity contribution in [1.29, 1.82) is 0 Å². The number of aromatic amines is 1. The average molecular weight is 570 g/mol. The molecule has 4 N–H and O–H groups in total. The van der Waals surface area contributed by atoms with Gasteiger partial charge in [0.25, 0.3) is 5.91 Å². The van der Waals surface area contributed by atoms with Crippen LogP contribution in [0.25, 0.3) is 0 Å². The Balaban J connectivity index is 1.22. The van der Waals surface area contributed by atoms with Crippen LogP contribution in [0, 0.1) is 5.92 Å². The van der Waals surface area contributed by atoms with Gasteiger partial charge in [-0.2, -0.15) is 0 Å². The lowest BCUT2D eigenvalue weighted by molar-refractivity contribution is -0.131. The number of para-hydroxylation sites is 1. The van der Waals surface area contributed by atoms with Crippen LogP contribution in [0.3, 0.4) is 0 Å². The molecule has 3 aromatic rings. The van der Waals surface area contributed by atoms with Crippen molar-refractivity contribution in [3.05, 3.63) is 77.1 Å². The molecular weight excluding hydrogens is 534 g/mol. The molecule has 42 heavy (non-hydrogen) atoms. The van der Waals surface area contributed by atoms with Gasteiger partial charge in [0.2, 0.25) is 17.7 Å². The van der Waals surface area contributed by atoms with Gasteiger partial charge in [-0.3, -0.25) is 29.2 Å². The molecule has 1 fully saturated rings. The second-order valence-corrected chi connectivity index (χ2v) is 11.4. The Hall–Kier alpha value is -4.54. The summed E-state index contributed by atoms with van der Waals surface area (Å²) < 4.78 is 0. The summed E-state index contributed by atoms with van der Waals surface area (Å²) in [5, 5.41) is 19.1. The molecule has 6 rings (SSSR count). The van der Waals surface area contributed by atoms with Gasteiger partial charge >= 0.3 is 0 Å². The average Bonchev–Trinajstić information content (AvgIpc) is 3.66. The van der Waals surface area contributed by atoms with Crippen molar-refractivity contribution in [2.75, 3.05) is 4.90 Å². The number of carbonyl (C=O) groups is 4. The third kappa shape index (κ3) is 5.63. The highest BCUT2D eigenvalue weighted by molar-refractivity contribution is 6.08. The Morgan fingerprint density at radius 2 is 1.76 bits per heavy atom. The Morgan fingerprint density at radius 1 is 0.976 bits per heavy atom. The van der Waals surface area contributed by atoms with Crippen LogP contribution in [0.1, 0.15) is 65.7 Å². The molecule has 3 heterocycles. The van der Waals surface area contributed by atoms with Crippen LogP contribution in [0.15, 0.2) is 54.7 Å². The van der Waals surface area contributed by atoms with Crippen LogP contribution in [0.5, 0.6) is 0 Å². The van der Waals surface area contributed by atoms with E-state index in [1.54, 1.807) is 35.4 Å². The third-order valence-electron chi connectivity index (χ3n) is 8.66. The molecule has 0 unspecified atom stereocenters. The van der Waals surface area contributed by atoms with Crippen molar-refractivity contribution in [2.45, 2.75) is 76.0 Å². The second-order valence-electron chi connectivity index (χ2n) is 11.4. The number of aryl methyl sites for hydroxylation is 1. The van der Waals surface area contributed by atoms with Crippen LogP contribution >= 0.6 is 0 Å². The van der Waals surface area contributed by atoms with Crippen molar-refractivity contribution >= 4 is 29.3 Å². The van der Waals surface area contributed by atoms with E-state index in [1.165, 1.54) is 0 Å². The van der Waals surface area contributed by atoms with E-state index in [2.05, 4.69) is 31.4 Å². The first-order chi connectivity index (χ1) is 20.5. The van der Waals surface area contributed by atoms with Crippen molar-refractivity contribution in [3.8, 4) is 0 Å². The van der Waals surface area contributed by atoms with Gasteiger partial charge in [-0.1, -0.05) is 60.9 Å². The van der Waals surface area contributed by atoms with E-state index in [1.807, 2.05) is 24.3 Å². The molecule has 4 amide bonds. The SMILES string of the molecule is O=C(N[C@H](C(=O)N[C@H]1CCc2cccc3c2N(C1=O)[C@H](C(=O)NCc1c[nH]nn1)C3)C1CCCCC1)c1ccccc1. The number of hydrogen-bond donors (Lipinski definition) is 4. The number of amides is 4. The molecule has 11 nitrogen and oxygen atoms in total. The summed E-state index contributed by atoms with van der Waals surface area (Å²) in [7, 11) is 0. The number of nitrogens with one attached hydrogen (secondary N) is 4. The molecule has 0 spiro atoms. The van der Waals surface area contributed by atoms with Gasteiger partial charge in [0.15, 0.2) is 0 Å². The lowest BCUT2D eigenvalue weighted by atomic mass is 9.83. The minimum atomic E-state index is -0.832. The maximum Gasteiger partial charge on any atom is 0.251 e. The smallest absolute Gasteiger partial charge is 0.251 e. The lowest BCUT2D eigenvalue weighted by Crippen LogP contribution is -2.58. The Bertz CT molecular complexity index is 1450. The fourth-order valence-electron chi connectivity index (χ4n) is 6.52. The van der Waals surface area contributed by atoms with Gasteiger partial charge in [0.05, 0.1) is 12.2 Å². The van der Waals surface area contributed by atoms with Crippen molar-refractivity contribution < 1.29 is 19.2 Å². The van der Waals surface area contributed by atoms with Gasteiger partial charge in [-0.25, -0.2) is 0 Å². The Labute approximate surface area is 243 Å². The van der Waals surface area contributed by atoms with Crippen molar-refractivity contribution in [2.24, 2.45) is 5.92 Å². The highest BCUT2D eigenvalue weighted by atomic mass is 16.2. The van der Waals surface area contributed by atoms with E-state index in [0.29, 0.717) is 30.5 Å². The molecule has 218 valence electrons. The van der Waals surface area contributed by atoms with Crippen LogP contribution in [-0.4, -0.2) is 57.2 Å². The molecule has 3 aliphatic rings. The van der Waals surface area contributed by atoms with Gasteiger partial charge in [0.1, 0.15) is 23.8 Å². The van der Waals surface area contributed by atoms with E-state index < -0.39 is 18.1 Å². The standard InChI is InChI=1S/C31H35N7O4/c39-28(21-10-5-2-6-11-21)35-26(19-8-3-1-4-9-19)30(41)34-24-15-14-20-12-7-13-22-16-25(38(27(20)22)31(24)42)29(40)32-17-23-18-33-37-36-23/h2,5-7,10-13,18-19,24-26H,1,3-4,8-9,14-17H2,(H,32,40)(H,34,41)(H,35,39)(H,33,36,37)/t24-,25-,26-/m0/s1. The lowest BCUT2D eigenvalue weighted by Gasteiger charge is -2.32. The second kappa shape index (κ2) is 12.1. The quantitative estimate of drug-likeness (QED) is 0.327. The monoisotopic (exact) mass is 569 g/mol. The van der Waals surface area contributed by atoms with Crippen molar-refractivity contribution in [3.63, 3.8) is 0 Å². The highest BCUT2D eigenvalue weighted by Crippen LogP contribution is 2.39. The number of benzene rings is 2. The van der Waals surface area contributed by atoms with Crippen LogP contribution in [0.2, 0.25) is 0 Å². The number of aromatic nitrogens is 3. The number of anilines is 1. The first-order valence-electron chi connectivity index (χ1n) is 14.7. The summed E-state index contributed by atoms with van der Waals surface area (Å²) in [6.07, 6.45) is 7.73. The summed E-state index contributed by atoms with van der Waals surface area (Å²) in [4.78, 5) is 56.0. The first kappa shape index (κ1) is 27.6. The summed E-state index contributed by atoms with van der Waals surface area (Å²) in [6.45, 7) is 0.182. The normalized spacial score (nSPS) is 20.8. The molecule has 11 heteroatoms. The van der Waals surface area contributed by atoms with Crippen LogP contribution < -0.4 is 20.9 Å². The van der Waals surface area contributed by atoms with E-state index in [4.69, 9.17) is 0 Å². The number of H-pyrrole nitrogens is 1. The Kier molecular flexibility index (Phi) is 7.98. The first-order valence-corrected chi connectivity index (χ1v) is 14.7. The Morgan fingerprint density at radius 3 is 2.52 bits per heavy atom. The highest BCUT2D eigenvalue weighted by Gasteiger charge is 2.44. The third-order valence-corrected chi connectivity index (χ3v) is 8.66. The molecule has 0 radical (unpaired) electrons. The molecule has 0 bridgehead atoms. The van der Waals surface area contributed by atoms with Gasteiger partial charge < -0.3 is 16.0 Å². The zero-order chi connectivity index (χ0) is 29.1. The minimum absolute atomic E-state index is 0.0158. The van der Waals surface area contributed by atoms with E-state index in [9.17, 15) is 19.2 Å². The number of rotatable bonds is 8. The molecule has 1 aliphatic carbocycles. The summed E-state index contributed by atoms with van der Waals surface area (Å²) in [6, 6.07) is 12.4. The number of nitrogens with zero attached hydrogens (tertiary/aromatic N) is 3. The fourth-order valence-corrected chi connectivity index (χ4v) is 6.52. The summed E-state index contributed by atoms with van der Waals surface area (Å²) >= 11 is 0. The van der Waals surface area contributed by atoms with Crippen LogP contribution in [0.4, 0.5) is 5.69 Å². The minimum Gasteiger partial charge on any atom is -0.348 e. The number of carbonyl (C=O) groups excluding carboxylic acids is 4. The summed E-state index contributed by atoms with van der Waals surface area (Å²) in [5.41, 5.74) is 3.74. The zero-order valence-corrected chi connectivity index (χ0v) is 23.3. The van der Waals surface area contributed by atoms with Crippen LogP contribution in [-0.2, 0) is 33.8 Å². The maximum absolute atomic E-state index is 14.1. The predicted molar refractivity (Wildman–Crippen MR) is 154 cm³/mol. The predicted octanol–water partition coefficient (Wildman–Crippen LogP) is 2.19. The molecule has 1 aromatic heterocycles. The largest absolute Gasteiger partial charge is 0.348 e. The molecule has 2 aliphatic heterocycles. The molecular formula is C31H35N7O4. The van der Waals surface area contributed by atoms with E-state index in [-0.39, 0.29) is 36.1 Å². The van der Waals surface area contributed by atoms with Gasteiger partial charge in [0, 0.05) is 18.2 Å². The maximum atomic E-state index is 14.1. The summed E-state index contributed by atoms with van der Waals surface area (Å²) in [5.74, 6) is -1.30. The molecule has 0 saturated heterocycles. The zero-order valence-electron chi connectivity index (χ0n) is 23.3. The molecule has 1 saturated carbocycles. The van der Waals surface area contributed by atoms with Gasteiger partial charge in [-0.15, -0.1) is 5.10 Å². The topological polar surface area (TPSA) is 149 Å².